The summed E-state index contributed by atoms with van der Waals surface area (Å²) < 4.78 is 5.22. The second-order valence-electron chi connectivity index (χ2n) is 6.23. The van der Waals surface area contributed by atoms with Crippen LogP contribution in [0.3, 0.4) is 0 Å². The number of methoxy groups -OCH3 is 1. The van der Waals surface area contributed by atoms with E-state index in [9.17, 15) is 4.79 Å². The Labute approximate surface area is 137 Å². The van der Waals surface area contributed by atoms with Crippen LogP contribution in [-0.2, 0) is 0 Å². The molecule has 0 aliphatic carbocycles. The van der Waals surface area contributed by atoms with Gasteiger partial charge in [-0.3, -0.25) is 4.79 Å². The minimum absolute atomic E-state index is 0.131. The molecule has 2 aromatic rings. The van der Waals surface area contributed by atoms with Gasteiger partial charge in [-0.25, -0.2) is 0 Å². The fraction of sp³-hybridized carbons (Fsp3) is 0.350. The van der Waals surface area contributed by atoms with Gasteiger partial charge in [-0.1, -0.05) is 18.2 Å². The molecule has 3 rings (SSSR count). The number of benzene rings is 2. The zero-order chi connectivity index (χ0) is 16.4. The summed E-state index contributed by atoms with van der Waals surface area (Å²) in [6.07, 6.45) is 2.07. The Morgan fingerprint density at radius 3 is 2.48 bits per heavy atom. The van der Waals surface area contributed by atoms with E-state index in [4.69, 9.17) is 4.74 Å². The van der Waals surface area contributed by atoms with E-state index in [1.165, 1.54) is 11.1 Å². The average Bonchev–Trinajstić information content (AvgIpc) is 3.06. The number of carbonyl (C=O) groups excluding carboxylic acids is 1. The maximum Gasteiger partial charge on any atom is 0.254 e. The molecule has 3 nitrogen and oxygen atoms in total. The van der Waals surface area contributed by atoms with Gasteiger partial charge in [0, 0.05) is 12.1 Å². The van der Waals surface area contributed by atoms with E-state index >= 15 is 0 Å². The first-order chi connectivity index (χ1) is 11.1. The van der Waals surface area contributed by atoms with Crippen LogP contribution in [0.2, 0.25) is 0 Å². The van der Waals surface area contributed by atoms with Gasteiger partial charge in [0.25, 0.3) is 5.91 Å². The van der Waals surface area contributed by atoms with Crippen molar-refractivity contribution < 1.29 is 9.53 Å². The summed E-state index contributed by atoms with van der Waals surface area (Å²) in [6, 6.07) is 14.2. The Kier molecular flexibility index (Phi) is 4.37. The lowest BCUT2D eigenvalue weighted by Crippen LogP contribution is -2.30. The molecule has 1 saturated heterocycles. The van der Waals surface area contributed by atoms with E-state index in [2.05, 4.69) is 26.0 Å². The lowest BCUT2D eigenvalue weighted by Gasteiger charge is -2.25. The summed E-state index contributed by atoms with van der Waals surface area (Å²) in [4.78, 5) is 14.9. The summed E-state index contributed by atoms with van der Waals surface area (Å²) in [6.45, 7) is 4.94. The van der Waals surface area contributed by atoms with Crippen LogP contribution in [0, 0.1) is 13.8 Å². The molecule has 120 valence electrons. The highest BCUT2D eigenvalue weighted by Crippen LogP contribution is 2.34. The van der Waals surface area contributed by atoms with Gasteiger partial charge >= 0.3 is 0 Å². The van der Waals surface area contributed by atoms with Gasteiger partial charge in [0.1, 0.15) is 5.75 Å². The largest absolute Gasteiger partial charge is 0.497 e. The standard InChI is InChI=1S/C20H23NO2/c1-14-6-7-17(13-15(14)2)20(22)21-12-4-5-19(21)16-8-10-18(23-3)11-9-16/h6-11,13,19H,4-5,12H2,1-3H3/t19-/m1/s1. The maximum absolute atomic E-state index is 12.9. The number of carbonyl (C=O) groups is 1. The van der Waals surface area contributed by atoms with E-state index in [1.54, 1.807) is 7.11 Å². The highest BCUT2D eigenvalue weighted by atomic mass is 16.5. The summed E-state index contributed by atoms with van der Waals surface area (Å²) in [5, 5.41) is 0. The average molecular weight is 309 g/mol. The molecule has 1 fully saturated rings. The number of hydrogen-bond donors (Lipinski definition) is 0. The van der Waals surface area contributed by atoms with Crippen molar-refractivity contribution >= 4 is 5.91 Å². The maximum atomic E-state index is 12.9. The first kappa shape index (κ1) is 15.6. The molecule has 0 aromatic heterocycles. The van der Waals surface area contributed by atoms with Gasteiger partial charge in [-0.2, -0.15) is 0 Å². The van der Waals surface area contributed by atoms with Crippen molar-refractivity contribution in [3.63, 3.8) is 0 Å². The Balaban J connectivity index is 1.85. The number of amides is 1. The molecular formula is C20H23NO2. The second kappa shape index (κ2) is 6.45. The summed E-state index contributed by atoms with van der Waals surface area (Å²) in [5.41, 5.74) is 4.35. The molecule has 23 heavy (non-hydrogen) atoms. The molecule has 0 bridgehead atoms. The van der Waals surface area contributed by atoms with Crippen molar-refractivity contribution in [3.8, 4) is 5.75 Å². The van der Waals surface area contributed by atoms with Crippen LogP contribution in [0.15, 0.2) is 42.5 Å². The molecule has 0 radical (unpaired) electrons. The number of nitrogens with zero attached hydrogens (tertiary/aromatic N) is 1. The Morgan fingerprint density at radius 1 is 1.09 bits per heavy atom. The fourth-order valence-electron chi connectivity index (χ4n) is 3.22. The highest BCUT2D eigenvalue weighted by molar-refractivity contribution is 5.95. The molecule has 1 heterocycles. The number of ether oxygens (including phenoxy) is 1. The minimum Gasteiger partial charge on any atom is -0.497 e. The van der Waals surface area contributed by atoms with Gasteiger partial charge in [-0.05, 0) is 67.6 Å². The van der Waals surface area contributed by atoms with Crippen LogP contribution in [-0.4, -0.2) is 24.5 Å². The molecule has 0 saturated carbocycles. The van der Waals surface area contributed by atoms with Crippen molar-refractivity contribution in [2.45, 2.75) is 32.7 Å². The Hall–Kier alpha value is -2.29. The van der Waals surface area contributed by atoms with Crippen molar-refractivity contribution in [2.24, 2.45) is 0 Å². The lowest BCUT2D eigenvalue weighted by atomic mass is 10.0. The number of aryl methyl sites for hydroxylation is 2. The molecule has 1 aliphatic heterocycles. The second-order valence-corrected chi connectivity index (χ2v) is 6.23. The van der Waals surface area contributed by atoms with Gasteiger partial charge in [-0.15, -0.1) is 0 Å². The zero-order valence-electron chi connectivity index (χ0n) is 14.0. The van der Waals surface area contributed by atoms with Gasteiger partial charge in [0.15, 0.2) is 0 Å². The van der Waals surface area contributed by atoms with Crippen LogP contribution in [0.5, 0.6) is 5.75 Å². The molecule has 1 amide bonds. The molecule has 0 spiro atoms. The van der Waals surface area contributed by atoms with E-state index in [1.807, 2.05) is 35.2 Å². The van der Waals surface area contributed by atoms with Crippen molar-refractivity contribution in [1.82, 2.24) is 4.90 Å². The molecular weight excluding hydrogens is 286 g/mol. The third kappa shape index (κ3) is 3.09. The molecule has 0 unspecified atom stereocenters. The quantitative estimate of drug-likeness (QED) is 0.846. The fourth-order valence-corrected chi connectivity index (χ4v) is 3.22. The van der Waals surface area contributed by atoms with E-state index in [0.29, 0.717) is 0 Å². The molecule has 0 N–H and O–H groups in total. The SMILES string of the molecule is COc1ccc([C@H]2CCCN2C(=O)c2ccc(C)c(C)c2)cc1. The van der Waals surface area contributed by atoms with E-state index in [0.717, 1.165) is 36.3 Å². The van der Waals surface area contributed by atoms with Gasteiger partial charge in [0.2, 0.25) is 0 Å². The third-order valence-electron chi connectivity index (χ3n) is 4.77. The van der Waals surface area contributed by atoms with E-state index < -0.39 is 0 Å². The van der Waals surface area contributed by atoms with Crippen LogP contribution >= 0.6 is 0 Å². The van der Waals surface area contributed by atoms with Crippen LogP contribution in [0.25, 0.3) is 0 Å². The topological polar surface area (TPSA) is 29.5 Å². The number of rotatable bonds is 3. The van der Waals surface area contributed by atoms with Crippen LogP contribution < -0.4 is 4.74 Å². The van der Waals surface area contributed by atoms with Gasteiger partial charge < -0.3 is 9.64 Å². The minimum atomic E-state index is 0.131. The van der Waals surface area contributed by atoms with Crippen molar-refractivity contribution in [3.05, 3.63) is 64.7 Å². The monoisotopic (exact) mass is 309 g/mol. The van der Waals surface area contributed by atoms with Gasteiger partial charge in [0.05, 0.1) is 13.2 Å². The number of hydrogen-bond acceptors (Lipinski definition) is 2. The first-order valence-corrected chi connectivity index (χ1v) is 8.12. The Morgan fingerprint density at radius 2 is 1.83 bits per heavy atom. The predicted molar refractivity (Wildman–Crippen MR) is 91.9 cm³/mol. The Bertz CT molecular complexity index is 706. The third-order valence-corrected chi connectivity index (χ3v) is 4.77. The molecule has 1 atom stereocenters. The predicted octanol–water partition coefficient (Wildman–Crippen LogP) is 4.29. The first-order valence-electron chi connectivity index (χ1n) is 8.12. The zero-order valence-corrected chi connectivity index (χ0v) is 14.0. The summed E-state index contributed by atoms with van der Waals surface area (Å²) >= 11 is 0. The molecule has 1 aliphatic rings. The lowest BCUT2D eigenvalue weighted by molar-refractivity contribution is 0.0735. The van der Waals surface area contributed by atoms with Crippen molar-refractivity contribution in [2.75, 3.05) is 13.7 Å². The molecule has 3 heteroatoms. The normalized spacial score (nSPS) is 17.3. The number of likely N-dealkylation sites (tertiary alicyclic amines) is 1. The van der Waals surface area contributed by atoms with Crippen LogP contribution in [0.4, 0.5) is 0 Å². The summed E-state index contributed by atoms with van der Waals surface area (Å²) in [5.74, 6) is 0.977. The van der Waals surface area contributed by atoms with Crippen molar-refractivity contribution in [1.29, 1.82) is 0 Å². The van der Waals surface area contributed by atoms with E-state index in [-0.39, 0.29) is 11.9 Å². The highest BCUT2D eigenvalue weighted by Gasteiger charge is 2.30. The molecule has 2 aromatic carbocycles. The van der Waals surface area contributed by atoms with Crippen LogP contribution in [0.1, 0.15) is 45.9 Å². The summed E-state index contributed by atoms with van der Waals surface area (Å²) in [7, 11) is 1.67. The smallest absolute Gasteiger partial charge is 0.254 e.